The van der Waals surface area contributed by atoms with E-state index in [0.717, 1.165) is 31.7 Å². The van der Waals surface area contributed by atoms with Crippen LogP contribution < -0.4 is 10.6 Å². The molecule has 8 nitrogen and oxygen atoms in total. The van der Waals surface area contributed by atoms with Crippen molar-refractivity contribution in [2.45, 2.75) is 19.4 Å². The van der Waals surface area contributed by atoms with Gasteiger partial charge in [-0.3, -0.25) is 19.3 Å². The molecule has 2 fully saturated rings. The van der Waals surface area contributed by atoms with Crippen molar-refractivity contribution in [2.75, 3.05) is 58.2 Å². The number of piperazine rings is 2. The quantitative estimate of drug-likeness (QED) is 0.737. The largest absolute Gasteiger partial charge is 0.353 e. The Morgan fingerprint density at radius 3 is 2.64 bits per heavy atom. The lowest BCUT2D eigenvalue weighted by molar-refractivity contribution is -0.145. The smallest absolute Gasteiger partial charge is 0.243 e. The molecule has 0 bridgehead atoms. The van der Waals surface area contributed by atoms with Gasteiger partial charge < -0.3 is 20.4 Å². The number of amides is 3. The van der Waals surface area contributed by atoms with Crippen LogP contribution in [0.4, 0.5) is 5.69 Å². The molecule has 2 aliphatic heterocycles. The highest BCUT2D eigenvalue weighted by atomic mass is 16.2. The summed E-state index contributed by atoms with van der Waals surface area (Å²) in [7, 11) is 2.07. The third-order valence-electron chi connectivity index (χ3n) is 5.29. The minimum absolute atomic E-state index is 0.0474. The number of benzene rings is 1. The predicted molar refractivity (Wildman–Crippen MR) is 107 cm³/mol. The van der Waals surface area contributed by atoms with E-state index in [1.54, 1.807) is 4.90 Å². The van der Waals surface area contributed by atoms with Crippen molar-refractivity contribution in [1.82, 2.24) is 20.0 Å². The number of carbonyl (C=O) groups is 3. The van der Waals surface area contributed by atoms with Crippen LogP contribution in [0.3, 0.4) is 0 Å². The van der Waals surface area contributed by atoms with Gasteiger partial charge in [0.15, 0.2) is 0 Å². The van der Waals surface area contributed by atoms with Gasteiger partial charge in [-0.05, 0) is 31.7 Å². The number of carbonyl (C=O) groups excluding carboxylic acids is 3. The summed E-state index contributed by atoms with van der Waals surface area (Å²) in [6.45, 7) is 6.61. The van der Waals surface area contributed by atoms with Gasteiger partial charge in [-0.1, -0.05) is 12.1 Å². The molecule has 2 aliphatic rings. The number of nitrogens with one attached hydrogen (secondary N) is 2. The fraction of sp³-hybridized carbons (Fsp3) is 0.550. The van der Waals surface area contributed by atoms with E-state index in [2.05, 4.69) is 27.5 Å². The first-order chi connectivity index (χ1) is 13.4. The van der Waals surface area contributed by atoms with Crippen LogP contribution in [0.15, 0.2) is 24.3 Å². The lowest BCUT2D eigenvalue weighted by Gasteiger charge is -2.37. The molecule has 3 rings (SSSR count). The second kappa shape index (κ2) is 9.16. The van der Waals surface area contributed by atoms with Crippen LogP contribution >= 0.6 is 0 Å². The van der Waals surface area contributed by atoms with Crippen LogP contribution in [0.1, 0.15) is 12.0 Å². The molecule has 1 unspecified atom stereocenters. The summed E-state index contributed by atoms with van der Waals surface area (Å²) in [6.07, 6.45) is -0.0474. The molecule has 0 spiro atoms. The van der Waals surface area contributed by atoms with Crippen molar-refractivity contribution < 1.29 is 14.4 Å². The normalized spacial score (nSPS) is 21.3. The molecule has 2 heterocycles. The first-order valence-corrected chi connectivity index (χ1v) is 9.77. The van der Waals surface area contributed by atoms with Crippen molar-refractivity contribution in [3.63, 3.8) is 0 Å². The maximum Gasteiger partial charge on any atom is 0.243 e. The monoisotopic (exact) mass is 387 g/mol. The van der Waals surface area contributed by atoms with E-state index >= 15 is 0 Å². The van der Waals surface area contributed by atoms with Gasteiger partial charge in [0.1, 0.15) is 6.04 Å². The van der Waals surface area contributed by atoms with Crippen LogP contribution in [0.25, 0.3) is 0 Å². The third-order valence-corrected chi connectivity index (χ3v) is 5.29. The zero-order valence-corrected chi connectivity index (χ0v) is 16.6. The Bertz CT molecular complexity index is 730. The highest BCUT2D eigenvalue weighted by Crippen LogP contribution is 2.14. The number of aryl methyl sites for hydroxylation is 1. The predicted octanol–water partition coefficient (Wildman–Crippen LogP) is -0.102. The lowest BCUT2D eigenvalue weighted by Crippen LogP contribution is -2.60. The number of hydrogen-bond donors (Lipinski definition) is 2. The van der Waals surface area contributed by atoms with E-state index in [1.807, 2.05) is 31.2 Å². The molecule has 2 saturated heterocycles. The molecule has 0 aromatic heterocycles. The first kappa shape index (κ1) is 20.3. The van der Waals surface area contributed by atoms with Crippen LogP contribution in [0, 0.1) is 6.92 Å². The van der Waals surface area contributed by atoms with Gasteiger partial charge in [0.25, 0.3) is 0 Å². The SMILES string of the molecule is Cc1cccc(NC(=O)CC2C(=O)NCCN2C(=O)CN2CCN(C)CC2)c1. The number of nitrogens with zero attached hydrogens (tertiary/aromatic N) is 3. The number of anilines is 1. The Balaban J connectivity index is 1.60. The van der Waals surface area contributed by atoms with Crippen LogP contribution in [-0.4, -0.2) is 91.3 Å². The molecule has 8 heteroatoms. The first-order valence-electron chi connectivity index (χ1n) is 9.77. The maximum absolute atomic E-state index is 12.8. The summed E-state index contributed by atoms with van der Waals surface area (Å²) < 4.78 is 0. The van der Waals surface area contributed by atoms with E-state index in [9.17, 15) is 14.4 Å². The van der Waals surface area contributed by atoms with Gasteiger partial charge in [0.2, 0.25) is 17.7 Å². The van der Waals surface area contributed by atoms with Gasteiger partial charge in [-0.25, -0.2) is 0 Å². The van der Waals surface area contributed by atoms with Crippen LogP contribution in [0.5, 0.6) is 0 Å². The van der Waals surface area contributed by atoms with E-state index < -0.39 is 6.04 Å². The highest BCUT2D eigenvalue weighted by molar-refractivity contribution is 5.97. The summed E-state index contributed by atoms with van der Waals surface area (Å²) in [5.74, 6) is -0.629. The van der Waals surface area contributed by atoms with Crippen LogP contribution in [0.2, 0.25) is 0 Å². The fourth-order valence-corrected chi connectivity index (χ4v) is 3.61. The molecular formula is C20H29N5O3. The molecule has 28 heavy (non-hydrogen) atoms. The third kappa shape index (κ3) is 5.30. The fourth-order valence-electron chi connectivity index (χ4n) is 3.61. The van der Waals surface area contributed by atoms with Crippen molar-refractivity contribution in [3.05, 3.63) is 29.8 Å². The molecule has 1 aromatic carbocycles. The summed E-state index contributed by atoms with van der Waals surface area (Å²) in [4.78, 5) is 43.6. The number of hydrogen-bond acceptors (Lipinski definition) is 5. The maximum atomic E-state index is 12.8. The second-order valence-corrected chi connectivity index (χ2v) is 7.60. The molecule has 0 radical (unpaired) electrons. The molecule has 1 aromatic rings. The van der Waals surface area contributed by atoms with E-state index in [1.165, 1.54) is 0 Å². The van der Waals surface area contributed by atoms with Gasteiger partial charge in [0.05, 0.1) is 13.0 Å². The molecule has 1 atom stereocenters. The molecule has 2 N–H and O–H groups in total. The molecule has 0 aliphatic carbocycles. The summed E-state index contributed by atoms with van der Waals surface area (Å²) in [5, 5.41) is 5.60. The van der Waals surface area contributed by atoms with Gasteiger partial charge in [-0.2, -0.15) is 0 Å². The molecule has 3 amide bonds. The second-order valence-electron chi connectivity index (χ2n) is 7.60. The van der Waals surface area contributed by atoms with Crippen molar-refractivity contribution in [2.24, 2.45) is 0 Å². The minimum Gasteiger partial charge on any atom is -0.353 e. The zero-order chi connectivity index (χ0) is 20.1. The Labute approximate surface area is 165 Å². The van der Waals surface area contributed by atoms with E-state index in [-0.39, 0.29) is 30.7 Å². The average molecular weight is 387 g/mol. The molecular weight excluding hydrogens is 358 g/mol. The van der Waals surface area contributed by atoms with Gasteiger partial charge in [-0.15, -0.1) is 0 Å². The Hall–Kier alpha value is -2.45. The van der Waals surface area contributed by atoms with E-state index in [0.29, 0.717) is 18.8 Å². The number of likely N-dealkylation sites (N-methyl/N-ethyl adjacent to an activating group) is 1. The topological polar surface area (TPSA) is 85.0 Å². The number of rotatable bonds is 5. The molecule has 0 saturated carbocycles. The molecule has 152 valence electrons. The summed E-state index contributed by atoms with van der Waals surface area (Å²) >= 11 is 0. The zero-order valence-electron chi connectivity index (χ0n) is 16.6. The van der Waals surface area contributed by atoms with Crippen molar-refractivity contribution in [3.8, 4) is 0 Å². The van der Waals surface area contributed by atoms with Crippen LogP contribution in [-0.2, 0) is 14.4 Å². The van der Waals surface area contributed by atoms with Crippen molar-refractivity contribution in [1.29, 1.82) is 0 Å². The minimum atomic E-state index is -0.765. The summed E-state index contributed by atoms with van der Waals surface area (Å²) in [6, 6.07) is 6.73. The lowest BCUT2D eigenvalue weighted by atomic mass is 10.1. The van der Waals surface area contributed by atoms with Gasteiger partial charge in [0, 0.05) is 45.0 Å². The van der Waals surface area contributed by atoms with Gasteiger partial charge >= 0.3 is 0 Å². The standard InChI is InChI=1S/C20H29N5O3/c1-15-4-3-5-16(12-15)22-18(26)13-17-20(28)21-6-7-25(17)19(27)14-24-10-8-23(2)9-11-24/h3-5,12,17H,6-11,13-14H2,1-2H3,(H,21,28)(H,22,26). The Morgan fingerprint density at radius 1 is 1.18 bits per heavy atom. The van der Waals surface area contributed by atoms with Crippen molar-refractivity contribution >= 4 is 23.4 Å². The Morgan fingerprint density at radius 2 is 1.93 bits per heavy atom. The van der Waals surface area contributed by atoms with E-state index in [4.69, 9.17) is 0 Å². The highest BCUT2D eigenvalue weighted by Gasteiger charge is 2.35. The Kier molecular flexibility index (Phi) is 6.64. The average Bonchev–Trinajstić information content (AvgIpc) is 2.65. The summed E-state index contributed by atoms with van der Waals surface area (Å²) in [5.41, 5.74) is 1.73.